The maximum absolute atomic E-state index is 12.9. The van der Waals surface area contributed by atoms with Crippen molar-refractivity contribution in [2.45, 2.75) is 37.8 Å². The van der Waals surface area contributed by atoms with Crippen LogP contribution in [0, 0.1) is 0 Å². The third-order valence-electron chi connectivity index (χ3n) is 5.22. The van der Waals surface area contributed by atoms with E-state index in [1.54, 1.807) is 18.1 Å². The number of alkyl halides is 3. The van der Waals surface area contributed by atoms with E-state index in [2.05, 4.69) is 0 Å². The van der Waals surface area contributed by atoms with E-state index in [0.717, 1.165) is 42.7 Å². The van der Waals surface area contributed by atoms with E-state index < -0.39 is 11.7 Å². The van der Waals surface area contributed by atoms with Crippen molar-refractivity contribution in [2.24, 2.45) is 0 Å². The molecule has 1 atom stereocenters. The SMILES string of the molecule is COc1ccc(C2CCCCN(C(=O)Cc3cccc(C(F)(F)F)c3)C2)cc1. The van der Waals surface area contributed by atoms with Gasteiger partial charge in [-0.1, -0.05) is 36.8 Å². The molecule has 0 N–H and O–H groups in total. The fraction of sp³-hybridized carbons (Fsp3) is 0.409. The van der Waals surface area contributed by atoms with Crippen molar-refractivity contribution in [1.82, 2.24) is 4.90 Å². The van der Waals surface area contributed by atoms with Crippen molar-refractivity contribution in [2.75, 3.05) is 20.2 Å². The largest absolute Gasteiger partial charge is 0.497 e. The van der Waals surface area contributed by atoms with E-state index in [-0.39, 0.29) is 18.2 Å². The molecule has 150 valence electrons. The van der Waals surface area contributed by atoms with Gasteiger partial charge in [-0.15, -0.1) is 0 Å². The number of ether oxygens (including phenoxy) is 1. The highest BCUT2D eigenvalue weighted by Gasteiger charge is 2.31. The summed E-state index contributed by atoms with van der Waals surface area (Å²) in [6, 6.07) is 12.9. The average Bonchev–Trinajstić information content (AvgIpc) is 2.94. The minimum absolute atomic E-state index is 0.0146. The van der Waals surface area contributed by atoms with Crippen LogP contribution in [0.5, 0.6) is 5.75 Å². The molecule has 3 rings (SSSR count). The number of amides is 1. The monoisotopic (exact) mass is 391 g/mol. The van der Waals surface area contributed by atoms with Crippen molar-refractivity contribution < 1.29 is 22.7 Å². The minimum Gasteiger partial charge on any atom is -0.497 e. The number of rotatable bonds is 4. The van der Waals surface area contributed by atoms with Gasteiger partial charge in [0.15, 0.2) is 0 Å². The van der Waals surface area contributed by atoms with E-state index in [9.17, 15) is 18.0 Å². The van der Waals surface area contributed by atoms with Crippen molar-refractivity contribution >= 4 is 5.91 Å². The summed E-state index contributed by atoms with van der Waals surface area (Å²) in [5.74, 6) is 0.883. The lowest BCUT2D eigenvalue weighted by atomic mass is 9.94. The minimum atomic E-state index is -4.40. The van der Waals surface area contributed by atoms with Gasteiger partial charge in [0.05, 0.1) is 19.1 Å². The Bertz CT molecular complexity index is 802. The number of halogens is 3. The number of nitrogens with zero attached hydrogens (tertiary/aromatic N) is 1. The summed E-state index contributed by atoms with van der Waals surface area (Å²) in [5, 5.41) is 0. The van der Waals surface area contributed by atoms with Gasteiger partial charge < -0.3 is 9.64 Å². The van der Waals surface area contributed by atoms with Gasteiger partial charge in [-0.25, -0.2) is 0 Å². The van der Waals surface area contributed by atoms with Crippen LogP contribution in [0.25, 0.3) is 0 Å². The maximum atomic E-state index is 12.9. The maximum Gasteiger partial charge on any atom is 0.416 e. The zero-order valence-electron chi connectivity index (χ0n) is 15.8. The Morgan fingerprint density at radius 3 is 2.57 bits per heavy atom. The normalized spacial score (nSPS) is 17.9. The van der Waals surface area contributed by atoms with E-state index in [1.165, 1.54) is 6.07 Å². The summed E-state index contributed by atoms with van der Waals surface area (Å²) in [6.45, 7) is 1.23. The number of hydrogen-bond acceptors (Lipinski definition) is 2. The molecule has 0 spiro atoms. The number of carbonyl (C=O) groups is 1. The molecule has 3 nitrogen and oxygen atoms in total. The van der Waals surface area contributed by atoms with Gasteiger partial charge in [-0.3, -0.25) is 4.79 Å². The zero-order chi connectivity index (χ0) is 20.1. The molecule has 0 saturated carbocycles. The van der Waals surface area contributed by atoms with Gasteiger partial charge >= 0.3 is 6.18 Å². The predicted octanol–water partition coefficient (Wildman–Crippen LogP) is 5.05. The standard InChI is InChI=1S/C22H24F3NO2/c1-28-20-10-8-17(9-11-20)18-6-2-3-12-26(15-18)21(27)14-16-5-4-7-19(13-16)22(23,24)25/h4-5,7-11,13,18H,2-3,6,12,14-15H2,1H3. The zero-order valence-corrected chi connectivity index (χ0v) is 15.8. The second-order valence-electron chi connectivity index (χ2n) is 7.18. The summed E-state index contributed by atoms with van der Waals surface area (Å²) in [7, 11) is 1.62. The molecule has 6 heteroatoms. The average molecular weight is 391 g/mol. The van der Waals surface area contributed by atoms with Crippen LogP contribution in [-0.4, -0.2) is 31.0 Å². The number of methoxy groups -OCH3 is 1. The number of likely N-dealkylation sites (tertiary alicyclic amines) is 1. The molecule has 28 heavy (non-hydrogen) atoms. The molecule has 1 amide bonds. The van der Waals surface area contributed by atoms with Crippen LogP contribution in [0.3, 0.4) is 0 Å². The molecular formula is C22H24F3NO2. The van der Waals surface area contributed by atoms with Crippen LogP contribution < -0.4 is 4.74 Å². The van der Waals surface area contributed by atoms with Crippen LogP contribution in [0.4, 0.5) is 13.2 Å². The first-order chi connectivity index (χ1) is 13.4. The van der Waals surface area contributed by atoms with Crippen molar-refractivity contribution in [3.63, 3.8) is 0 Å². The van der Waals surface area contributed by atoms with Crippen LogP contribution in [0.1, 0.15) is 41.9 Å². The fourth-order valence-electron chi connectivity index (χ4n) is 3.66. The van der Waals surface area contributed by atoms with Gasteiger partial charge in [0.1, 0.15) is 5.75 Å². The number of benzene rings is 2. The molecule has 1 fully saturated rings. The molecule has 0 aliphatic carbocycles. The fourth-order valence-corrected chi connectivity index (χ4v) is 3.66. The van der Waals surface area contributed by atoms with Crippen molar-refractivity contribution in [3.05, 3.63) is 65.2 Å². The van der Waals surface area contributed by atoms with E-state index in [0.29, 0.717) is 18.7 Å². The molecule has 1 aliphatic heterocycles. The predicted molar refractivity (Wildman–Crippen MR) is 101 cm³/mol. The van der Waals surface area contributed by atoms with Gasteiger partial charge in [0.25, 0.3) is 0 Å². The summed E-state index contributed by atoms with van der Waals surface area (Å²) >= 11 is 0. The number of carbonyl (C=O) groups excluding carboxylic acids is 1. The first-order valence-electron chi connectivity index (χ1n) is 9.44. The molecule has 1 unspecified atom stereocenters. The molecule has 0 radical (unpaired) electrons. The molecule has 2 aromatic rings. The summed E-state index contributed by atoms with van der Waals surface area (Å²) < 4.78 is 43.9. The van der Waals surface area contributed by atoms with Gasteiger partial charge in [-0.2, -0.15) is 13.2 Å². The lowest BCUT2D eigenvalue weighted by molar-refractivity contribution is -0.138. The second kappa shape index (κ2) is 8.67. The Balaban J connectivity index is 1.70. The van der Waals surface area contributed by atoms with E-state index in [1.807, 2.05) is 24.3 Å². The van der Waals surface area contributed by atoms with Crippen molar-refractivity contribution in [3.8, 4) is 5.75 Å². The first kappa shape index (κ1) is 20.2. The van der Waals surface area contributed by atoms with Gasteiger partial charge in [0, 0.05) is 19.0 Å². The van der Waals surface area contributed by atoms with Crippen LogP contribution in [0.15, 0.2) is 48.5 Å². The lowest BCUT2D eigenvalue weighted by Crippen LogP contribution is -2.35. The lowest BCUT2D eigenvalue weighted by Gasteiger charge is -2.25. The highest BCUT2D eigenvalue weighted by Crippen LogP contribution is 2.30. The quantitative estimate of drug-likeness (QED) is 0.730. The first-order valence-corrected chi connectivity index (χ1v) is 9.44. The Morgan fingerprint density at radius 2 is 1.89 bits per heavy atom. The summed E-state index contributed by atoms with van der Waals surface area (Å²) in [6.07, 6.45) is -1.51. The molecule has 1 aliphatic rings. The third kappa shape index (κ3) is 5.06. The molecule has 0 bridgehead atoms. The Morgan fingerprint density at radius 1 is 1.14 bits per heavy atom. The highest BCUT2D eigenvalue weighted by atomic mass is 19.4. The summed E-state index contributed by atoms with van der Waals surface area (Å²) in [4.78, 5) is 14.6. The van der Waals surface area contributed by atoms with Crippen molar-refractivity contribution in [1.29, 1.82) is 0 Å². The summed E-state index contributed by atoms with van der Waals surface area (Å²) in [5.41, 5.74) is 0.828. The molecule has 0 aromatic heterocycles. The van der Waals surface area contributed by atoms with Crippen LogP contribution in [-0.2, 0) is 17.4 Å². The van der Waals surface area contributed by atoms with E-state index >= 15 is 0 Å². The topological polar surface area (TPSA) is 29.5 Å². The molecule has 1 saturated heterocycles. The van der Waals surface area contributed by atoms with Crippen LogP contribution in [0.2, 0.25) is 0 Å². The highest BCUT2D eigenvalue weighted by molar-refractivity contribution is 5.79. The van der Waals surface area contributed by atoms with E-state index in [4.69, 9.17) is 4.74 Å². The molecular weight excluding hydrogens is 367 g/mol. The van der Waals surface area contributed by atoms with Gasteiger partial charge in [-0.05, 0) is 42.2 Å². The molecule has 2 aromatic carbocycles. The Hall–Kier alpha value is -2.50. The van der Waals surface area contributed by atoms with Crippen LogP contribution >= 0.6 is 0 Å². The molecule has 1 heterocycles. The Kier molecular flexibility index (Phi) is 6.27. The van der Waals surface area contributed by atoms with Gasteiger partial charge in [0.2, 0.25) is 5.91 Å². The Labute approximate surface area is 163 Å². The number of hydrogen-bond donors (Lipinski definition) is 0. The second-order valence-corrected chi connectivity index (χ2v) is 7.18. The smallest absolute Gasteiger partial charge is 0.416 e. The third-order valence-corrected chi connectivity index (χ3v) is 5.22.